The highest BCUT2D eigenvalue weighted by Gasteiger charge is 2.21. The summed E-state index contributed by atoms with van der Waals surface area (Å²) in [6.07, 6.45) is -1.28. The van der Waals surface area contributed by atoms with E-state index in [2.05, 4.69) is 5.32 Å². The van der Waals surface area contributed by atoms with Crippen molar-refractivity contribution in [3.63, 3.8) is 0 Å². The van der Waals surface area contributed by atoms with Crippen molar-refractivity contribution in [3.05, 3.63) is 74.5 Å². The molecule has 0 saturated carbocycles. The first-order valence-corrected chi connectivity index (χ1v) is 6.92. The lowest BCUT2D eigenvalue weighted by Gasteiger charge is -2.13. The van der Waals surface area contributed by atoms with Crippen molar-refractivity contribution in [2.24, 2.45) is 0 Å². The van der Waals surface area contributed by atoms with Crippen LogP contribution in [0.5, 0.6) is 0 Å². The molecule has 0 fully saturated rings. The zero-order valence-corrected chi connectivity index (χ0v) is 12.5. The molecule has 8 heteroatoms. The Balaban J connectivity index is 2.13. The number of nitro groups is 1. The number of halogens is 2. The molecule has 0 aliphatic rings. The summed E-state index contributed by atoms with van der Waals surface area (Å²) in [6, 6.07) is 9.15. The largest absolute Gasteiger partial charge is 0.386 e. The first kappa shape index (κ1) is 16.9. The molecule has 1 unspecified atom stereocenters. The molecule has 0 aliphatic heterocycles. The predicted octanol–water partition coefficient (Wildman–Crippen LogP) is 2.85. The number of carbonyl (C=O) groups excluding carboxylic acids is 1. The van der Waals surface area contributed by atoms with Gasteiger partial charge in [0.05, 0.1) is 11.0 Å². The molecular weight excluding hydrogens is 327 g/mol. The van der Waals surface area contributed by atoms with Crippen molar-refractivity contribution in [3.8, 4) is 0 Å². The molecule has 1 atom stereocenters. The van der Waals surface area contributed by atoms with E-state index >= 15 is 0 Å². The predicted molar refractivity (Wildman–Crippen MR) is 81.8 cm³/mol. The van der Waals surface area contributed by atoms with Crippen LogP contribution in [0.4, 0.5) is 10.1 Å². The number of carbonyl (C=O) groups is 1. The number of hydrogen-bond acceptors (Lipinski definition) is 4. The number of nitrogens with zero attached hydrogens (tertiary/aromatic N) is 1. The van der Waals surface area contributed by atoms with E-state index in [0.717, 1.165) is 12.1 Å². The van der Waals surface area contributed by atoms with Crippen molar-refractivity contribution >= 4 is 23.2 Å². The third-order valence-corrected chi connectivity index (χ3v) is 3.36. The summed E-state index contributed by atoms with van der Waals surface area (Å²) in [7, 11) is 0. The van der Waals surface area contributed by atoms with Crippen LogP contribution in [0.25, 0.3) is 0 Å². The number of aliphatic hydroxyl groups excluding tert-OH is 1. The van der Waals surface area contributed by atoms with Gasteiger partial charge in [0.1, 0.15) is 11.4 Å². The van der Waals surface area contributed by atoms with Crippen molar-refractivity contribution in [1.29, 1.82) is 0 Å². The van der Waals surface area contributed by atoms with Gasteiger partial charge in [-0.3, -0.25) is 14.9 Å². The summed E-state index contributed by atoms with van der Waals surface area (Å²) < 4.78 is 13.5. The Morgan fingerprint density at radius 1 is 1.35 bits per heavy atom. The fraction of sp³-hybridized carbons (Fsp3) is 0.133. The molecule has 2 N–H and O–H groups in total. The molecule has 2 aromatic rings. The Morgan fingerprint density at radius 3 is 2.70 bits per heavy atom. The van der Waals surface area contributed by atoms with E-state index in [1.807, 2.05) is 0 Å². The SMILES string of the molecule is O=C(NCC(O)c1ccccc1F)c1cc(Cl)ccc1[N+](=O)[O-]. The third kappa shape index (κ3) is 4.02. The van der Waals surface area contributed by atoms with Gasteiger partial charge in [-0.05, 0) is 18.2 Å². The van der Waals surface area contributed by atoms with Gasteiger partial charge in [0.2, 0.25) is 0 Å². The standard InChI is InChI=1S/C15H12ClFN2O4/c16-9-5-6-13(19(22)23)11(7-9)15(21)18-8-14(20)10-3-1-2-4-12(10)17/h1-7,14,20H,8H2,(H,18,21). The van der Waals surface area contributed by atoms with Crippen LogP contribution < -0.4 is 5.32 Å². The topological polar surface area (TPSA) is 92.5 Å². The molecule has 2 aromatic carbocycles. The number of nitrogens with one attached hydrogen (secondary N) is 1. The monoisotopic (exact) mass is 338 g/mol. The fourth-order valence-corrected chi connectivity index (χ4v) is 2.16. The lowest BCUT2D eigenvalue weighted by Crippen LogP contribution is -2.29. The summed E-state index contributed by atoms with van der Waals surface area (Å²) in [5.41, 5.74) is -0.621. The lowest BCUT2D eigenvalue weighted by atomic mass is 10.1. The normalized spacial score (nSPS) is 11.8. The summed E-state index contributed by atoms with van der Waals surface area (Å²) >= 11 is 5.74. The van der Waals surface area contributed by atoms with E-state index in [1.54, 1.807) is 6.07 Å². The molecule has 2 rings (SSSR count). The average molecular weight is 339 g/mol. The maximum atomic E-state index is 13.5. The molecule has 0 radical (unpaired) electrons. The molecule has 0 saturated heterocycles. The van der Waals surface area contributed by atoms with E-state index < -0.39 is 28.4 Å². The van der Waals surface area contributed by atoms with Crippen LogP contribution in [0, 0.1) is 15.9 Å². The number of nitro benzene ring substituents is 1. The molecule has 0 heterocycles. The quantitative estimate of drug-likeness (QED) is 0.647. The van der Waals surface area contributed by atoms with Crippen molar-refractivity contribution in [2.45, 2.75) is 6.10 Å². The minimum Gasteiger partial charge on any atom is -0.386 e. The second kappa shape index (κ2) is 7.17. The average Bonchev–Trinajstić information content (AvgIpc) is 2.52. The highest BCUT2D eigenvalue weighted by molar-refractivity contribution is 6.31. The number of rotatable bonds is 5. The van der Waals surface area contributed by atoms with Crippen LogP contribution in [0.1, 0.15) is 22.0 Å². The summed E-state index contributed by atoms with van der Waals surface area (Å²) in [5, 5.41) is 23.3. The molecule has 0 spiro atoms. The molecule has 0 aromatic heterocycles. The summed E-state index contributed by atoms with van der Waals surface area (Å²) in [6.45, 7) is -0.302. The Hall–Kier alpha value is -2.51. The lowest BCUT2D eigenvalue weighted by molar-refractivity contribution is -0.385. The van der Waals surface area contributed by atoms with Gasteiger partial charge >= 0.3 is 0 Å². The molecule has 0 aliphatic carbocycles. The van der Waals surface area contributed by atoms with Crippen LogP contribution in [-0.4, -0.2) is 22.5 Å². The van der Waals surface area contributed by atoms with Crippen LogP contribution in [-0.2, 0) is 0 Å². The molecule has 120 valence electrons. The van der Waals surface area contributed by atoms with E-state index in [9.17, 15) is 24.4 Å². The zero-order chi connectivity index (χ0) is 17.0. The molecule has 6 nitrogen and oxygen atoms in total. The maximum Gasteiger partial charge on any atom is 0.282 e. The summed E-state index contributed by atoms with van der Waals surface area (Å²) in [5.74, 6) is -1.39. The molecule has 0 bridgehead atoms. The van der Waals surface area contributed by atoms with Gasteiger partial charge in [-0.15, -0.1) is 0 Å². The maximum absolute atomic E-state index is 13.5. The van der Waals surface area contributed by atoms with E-state index in [4.69, 9.17) is 11.6 Å². The Morgan fingerprint density at radius 2 is 2.04 bits per heavy atom. The molecule has 23 heavy (non-hydrogen) atoms. The highest BCUT2D eigenvalue weighted by Crippen LogP contribution is 2.23. The Bertz CT molecular complexity index is 754. The van der Waals surface area contributed by atoms with Crippen LogP contribution in [0.2, 0.25) is 5.02 Å². The van der Waals surface area contributed by atoms with E-state index in [-0.39, 0.29) is 22.7 Å². The Kier molecular flexibility index (Phi) is 5.25. The second-order valence-electron chi connectivity index (χ2n) is 4.67. The van der Waals surface area contributed by atoms with Gasteiger partial charge in [-0.2, -0.15) is 0 Å². The van der Waals surface area contributed by atoms with Crippen LogP contribution >= 0.6 is 11.6 Å². The van der Waals surface area contributed by atoms with Gasteiger partial charge in [-0.1, -0.05) is 29.8 Å². The van der Waals surface area contributed by atoms with Crippen molar-refractivity contribution in [2.75, 3.05) is 6.54 Å². The molecule has 1 amide bonds. The molecular formula is C15H12ClFN2O4. The van der Waals surface area contributed by atoms with Gasteiger partial charge in [-0.25, -0.2) is 4.39 Å². The highest BCUT2D eigenvalue weighted by atomic mass is 35.5. The van der Waals surface area contributed by atoms with Gasteiger partial charge in [0, 0.05) is 23.2 Å². The smallest absolute Gasteiger partial charge is 0.282 e. The first-order chi connectivity index (χ1) is 10.9. The number of hydrogen-bond donors (Lipinski definition) is 2. The number of benzene rings is 2. The van der Waals surface area contributed by atoms with Crippen LogP contribution in [0.15, 0.2) is 42.5 Å². The fourth-order valence-electron chi connectivity index (χ4n) is 1.99. The second-order valence-corrected chi connectivity index (χ2v) is 5.10. The van der Waals surface area contributed by atoms with Gasteiger partial charge < -0.3 is 10.4 Å². The first-order valence-electron chi connectivity index (χ1n) is 6.54. The zero-order valence-electron chi connectivity index (χ0n) is 11.7. The number of amides is 1. The summed E-state index contributed by atoms with van der Waals surface area (Å²) in [4.78, 5) is 22.3. The minimum absolute atomic E-state index is 0.0217. The number of aliphatic hydroxyl groups is 1. The van der Waals surface area contributed by atoms with E-state index in [0.29, 0.717) is 0 Å². The van der Waals surface area contributed by atoms with Gasteiger partial charge in [0.15, 0.2) is 0 Å². The third-order valence-electron chi connectivity index (χ3n) is 3.12. The van der Waals surface area contributed by atoms with Crippen molar-refractivity contribution in [1.82, 2.24) is 5.32 Å². The minimum atomic E-state index is -1.28. The van der Waals surface area contributed by atoms with Crippen LogP contribution in [0.3, 0.4) is 0 Å². The Labute approximate surface area is 135 Å². The van der Waals surface area contributed by atoms with Gasteiger partial charge in [0.25, 0.3) is 11.6 Å². The van der Waals surface area contributed by atoms with E-state index in [1.165, 1.54) is 24.3 Å². The van der Waals surface area contributed by atoms with Crippen molar-refractivity contribution < 1.29 is 19.2 Å².